The Labute approximate surface area is 110 Å². The van der Waals surface area contributed by atoms with E-state index >= 15 is 0 Å². The summed E-state index contributed by atoms with van der Waals surface area (Å²) in [5.74, 6) is 0.887. The third kappa shape index (κ3) is 5.07. The fourth-order valence-corrected chi connectivity index (χ4v) is 1.79. The van der Waals surface area contributed by atoms with Crippen LogP contribution in [0, 0.1) is 0 Å². The van der Waals surface area contributed by atoms with Crippen LogP contribution in [-0.2, 0) is 4.74 Å². The average molecular weight is 251 g/mol. The molecule has 1 rings (SSSR count). The van der Waals surface area contributed by atoms with Crippen LogP contribution in [0.4, 0.5) is 0 Å². The summed E-state index contributed by atoms with van der Waals surface area (Å²) in [6.07, 6.45) is 2.32. The van der Waals surface area contributed by atoms with Crippen molar-refractivity contribution in [3.63, 3.8) is 0 Å². The molecule has 0 radical (unpaired) electrons. The van der Waals surface area contributed by atoms with Crippen LogP contribution in [0.3, 0.4) is 0 Å². The van der Waals surface area contributed by atoms with E-state index < -0.39 is 0 Å². The van der Waals surface area contributed by atoms with E-state index in [-0.39, 0.29) is 18.2 Å². The lowest BCUT2D eigenvalue weighted by atomic mass is 10.0. The molecular weight excluding hydrogens is 226 g/mol. The van der Waals surface area contributed by atoms with E-state index in [1.165, 1.54) is 0 Å². The molecule has 1 aromatic rings. The predicted molar refractivity (Wildman–Crippen MR) is 74.8 cm³/mol. The normalized spacial score (nSPS) is 14.6. The van der Waals surface area contributed by atoms with Gasteiger partial charge in [-0.3, -0.25) is 0 Å². The van der Waals surface area contributed by atoms with Gasteiger partial charge in [0.05, 0.1) is 12.2 Å². The molecule has 2 atom stereocenters. The lowest BCUT2D eigenvalue weighted by Gasteiger charge is -2.16. The number of hydrogen-bond acceptors (Lipinski definition) is 3. The number of rotatable bonds is 7. The van der Waals surface area contributed by atoms with Crippen LogP contribution in [0.2, 0.25) is 0 Å². The van der Waals surface area contributed by atoms with Crippen LogP contribution >= 0.6 is 0 Å². The summed E-state index contributed by atoms with van der Waals surface area (Å²) in [4.78, 5) is 0. The van der Waals surface area contributed by atoms with Crippen molar-refractivity contribution in [3.05, 3.63) is 29.8 Å². The van der Waals surface area contributed by atoms with Gasteiger partial charge in [0.2, 0.25) is 0 Å². The molecule has 0 aromatic heterocycles. The lowest BCUT2D eigenvalue weighted by molar-refractivity contribution is 0.107. The molecule has 0 aliphatic rings. The highest BCUT2D eigenvalue weighted by Crippen LogP contribution is 2.22. The Kier molecular flexibility index (Phi) is 6.16. The summed E-state index contributed by atoms with van der Waals surface area (Å²) < 4.78 is 10.9. The quantitative estimate of drug-likeness (QED) is 0.808. The fourth-order valence-electron chi connectivity index (χ4n) is 1.79. The Morgan fingerprint density at radius 2 is 1.89 bits per heavy atom. The Morgan fingerprint density at radius 3 is 2.50 bits per heavy atom. The van der Waals surface area contributed by atoms with E-state index in [4.69, 9.17) is 15.2 Å². The second kappa shape index (κ2) is 7.39. The first-order valence-corrected chi connectivity index (χ1v) is 6.58. The molecule has 0 fully saturated rings. The zero-order valence-electron chi connectivity index (χ0n) is 11.8. The minimum absolute atomic E-state index is 0.0401. The van der Waals surface area contributed by atoms with E-state index in [2.05, 4.69) is 13.0 Å². The Bertz CT molecular complexity index is 352. The van der Waals surface area contributed by atoms with Crippen molar-refractivity contribution >= 4 is 0 Å². The second-order valence-electron chi connectivity index (χ2n) is 4.97. The molecular formula is C15H25NO2. The van der Waals surface area contributed by atoms with Crippen LogP contribution < -0.4 is 10.5 Å². The van der Waals surface area contributed by atoms with Crippen molar-refractivity contribution in [2.75, 3.05) is 7.11 Å². The lowest BCUT2D eigenvalue weighted by Crippen LogP contribution is -2.14. The van der Waals surface area contributed by atoms with Crippen molar-refractivity contribution in [1.29, 1.82) is 0 Å². The molecule has 0 saturated carbocycles. The van der Waals surface area contributed by atoms with E-state index in [1.54, 1.807) is 7.11 Å². The number of hydrogen-bond donors (Lipinski definition) is 1. The van der Waals surface area contributed by atoms with Crippen molar-refractivity contribution in [2.45, 2.75) is 51.9 Å². The van der Waals surface area contributed by atoms with Gasteiger partial charge in [0.25, 0.3) is 0 Å². The summed E-state index contributed by atoms with van der Waals surface area (Å²) in [5.41, 5.74) is 7.31. The van der Waals surface area contributed by atoms with Crippen molar-refractivity contribution in [3.8, 4) is 5.75 Å². The molecule has 1 aromatic carbocycles. The summed E-state index contributed by atoms with van der Waals surface area (Å²) in [7, 11) is 1.73. The predicted octanol–water partition coefficient (Wildman–Crippen LogP) is 3.29. The van der Waals surface area contributed by atoms with Crippen molar-refractivity contribution in [1.82, 2.24) is 0 Å². The maximum atomic E-state index is 6.19. The van der Waals surface area contributed by atoms with Gasteiger partial charge in [-0.15, -0.1) is 0 Å². The molecule has 0 saturated heterocycles. The third-order valence-electron chi connectivity index (χ3n) is 2.94. The summed E-state index contributed by atoms with van der Waals surface area (Å²) in [6.45, 7) is 6.10. The molecule has 0 aliphatic heterocycles. The average Bonchev–Trinajstić information content (AvgIpc) is 2.35. The van der Waals surface area contributed by atoms with Gasteiger partial charge in [-0.25, -0.2) is 0 Å². The molecule has 18 heavy (non-hydrogen) atoms. The summed E-state index contributed by atoms with van der Waals surface area (Å²) in [6, 6.07) is 8.08. The van der Waals surface area contributed by atoms with Gasteiger partial charge in [-0.1, -0.05) is 12.1 Å². The molecule has 2 unspecified atom stereocenters. The minimum Gasteiger partial charge on any atom is -0.491 e. The zero-order valence-corrected chi connectivity index (χ0v) is 11.8. The molecule has 3 heteroatoms. The molecule has 3 nitrogen and oxygen atoms in total. The molecule has 0 aliphatic carbocycles. The summed E-state index contributed by atoms with van der Waals surface area (Å²) >= 11 is 0. The van der Waals surface area contributed by atoms with Crippen LogP contribution in [0.1, 0.15) is 45.2 Å². The van der Waals surface area contributed by atoms with Gasteiger partial charge >= 0.3 is 0 Å². The van der Waals surface area contributed by atoms with Crippen molar-refractivity contribution < 1.29 is 9.47 Å². The fraction of sp³-hybridized carbons (Fsp3) is 0.600. The van der Waals surface area contributed by atoms with Crippen LogP contribution in [-0.4, -0.2) is 19.3 Å². The molecule has 0 bridgehead atoms. The molecule has 0 heterocycles. The highest BCUT2D eigenvalue weighted by atomic mass is 16.5. The number of methoxy groups -OCH3 is 1. The third-order valence-corrected chi connectivity index (χ3v) is 2.94. The Balaban J connectivity index is 2.59. The van der Waals surface area contributed by atoms with Gasteiger partial charge in [0, 0.05) is 13.2 Å². The summed E-state index contributed by atoms with van der Waals surface area (Å²) in [5, 5.41) is 0. The van der Waals surface area contributed by atoms with Gasteiger partial charge in [0.15, 0.2) is 0 Å². The van der Waals surface area contributed by atoms with E-state index in [9.17, 15) is 0 Å². The number of ether oxygens (including phenoxy) is 2. The van der Waals surface area contributed by atoms with Gasteiger partial charge in [0.1, 0.15) is 5.75 Å². The van der Waals surface area contributed by atoms with Crippen molar-refractivity contribution in [2.24, 2.45) is 5.73 Å². The first-order chi connectivity index (χ1) is 8.52. The van der Waals surface area contributed by atoms with E-state index in [1.807, 2.05) is 32.0 Å². The highest BCUT2D eigenvalue weighted by Gasteiger charge is 2.09. The van der Waals surface area contributed by atoms with E-state index in [0.29, 0.717) is 0 Å². The van der Waals surface area contributed by atoms with E-state index in [0.717, 1.165) is 24.2 Å². The van der Waals surface area contributed by atoms with Gasteiger partial charge < -0.3 is 15.2 Å². The SMILES string of the molecule is COC(C)CCC(N)c1cccc(OC(C)C)c1. The molecule has 2 N–H and O–H groups in total. The van der Waals surface area contributed by atoms with Crippen LogP contribution in [0.25, 0.3) is 0 Å². The Morgan fingerprint density at radius 1 is 1.17 bits per heavy atom. The Hall–Kier alpha value is -1.06. The topological polar surface area (TPSA) is 44.5 Å². The van der Waals surface area contributed by atoms with Gasteiger partial charge in [-0.05, 0) is 51.3 Å². The molecule has 0 spiro atoms. The number of benzene rings is 1. The zero-order chi connectivity index (χ0) is 13.5. The maximum absolute atomic E-state index is 6.19. The van der Waals surface area contributed by atoms with Crippen LogP contribution in [0.5, 0.6) is 5.75 Å². The molecule has 102 valence electrons. The second-order valence-corrected chi connectivity index (χ2v) is 4.97. The minimum atomic E-state index is 0.0401. The standard InChI is InChI=1S/C15H25NO2/c1-11(2)18-14-7-5-6-13(10-14)15(16)9-8-12(3)17-4/h5-7,10-12,15H,8-9,16H2,1-4H3. The smallest absolute Gasteiger partial charge is 0.120 e. The highest BCUT2D eigenvalue weighted by molar-refractivity contribution is 5.30. The van der Waals surface area contributed by atoms with Crippen LogP contribution in [0.15, 0.2) is 24.3 Å². The largest absolute Gasteiger partial charge is 0.491 e. The first kappa shape index (κ1) is 15.0. The first-order valence-electron chi connectivity index (χ1n) is 6.58. The monoisotopic (exact) mass is 251 g/mol. The maximum Gasteiger partial charge on any atom is 0.120 e. The van der Waals surface area contributed by atoms with Gasteiger partial charge in [-0.2, -0.15) is 0 Å². The molecule has 0 amide bonds. The number of nitrogens with two attached hydrogens (primary N) is 1.